The van der Waals surface area contributed by atoms with Crippen molar-refractivity contribution in [1.82, 2.24) is 10.2 Å². The minimum Gasteiger partial charge on any atom is -0.314 e. The first kappa shape index (κ1) is 16.0. The number of halogens is 4. The van der Waals surface area contributed by atoms with Gasteiger partial charge in [-0.25, -0.2) is 13.2 Å². The van der Waals surface area contributed by atoms with E-state index in [1.165, 1.54) is 6.08 Å². The van der Waals surface area contributed by atoms with Crippen LogP contribution in [-0.2, 0) is 0 Å². The van der Waals surface area contributed by atoms with Crippen molar-refractivity contribution in [1.29, 1.82) is 0 Å². The normalized spacial score (nSPS) is 17.6. The molecule has 1 aromatic carbocycles. The molecular weight excluding hydrogens is 277 g/mol. The van der Waals surface area contributed by atoms with Crippen molar-refractivity contribution < 1.29 is 13.2 Å². The van der Waals surface area contributed by atoms with E-state index in [4.69, 9.17) is 0 Å². The molecule has 0 radical (unpaired) electrons. The third-order valence-corrected chi connectivity index (χ3v) is 3.11. The van der Waals surface area contributed by atoms with Crippen LogP contribution in [0.2, 0.25) is 0 Å². The molecule has 1 fully saturated rings. The molecule has 1 saturated heterocycles. The summed E-state index contributed by atoms with van der Waals surface area (Å²) in [5, 5.41) is 3.16. The van der Waals surface area contributed by atoms with Gasteiger partial charge in [-0.2, -0.15) is 0 Å². The summed E-state index contributed by atoms with van der Waals surface area (Å²) in [6.45, 7) is 6.55. The zero-order chi connectivity index (χ0) is 13.1. The Morgan fingerprint density at radius 1 is 1.21 bits per heavy atom. The van der Waals surface area contributed by atoms with Gasteiger partial charge in [-0.1, -0.05) is 6.08 Å². The van der Waals surface area contributed by atoms with Crippen LogP contribution in [0.5, 0.6) is 0 Å². The summed E-state index contributed by atoms with van der Waals surface area (Å²) >= 11 is 0. The Hall–Kier alpha value is -1.04. The highest BCUT2D eigenvalue weighted by Gasteiger charge is 2.24. The second-order valence-corrected chi connectivity index (χ2v) is 4.26. The lowest BCUT2D eigenvalue weighted by molar-refractivity contribution is 0.199. The van der Waals surface area contributed by atoms with Crippen LogP contribution in [0, 0.1) is 17.5 Å². The predicted octanol–water partition coefficient (Wildman–Crippen LogP) is 2.66. The first-order valence-electron chi connectivity index (χ1n) is 5.85. The number of hydrogen-bond donors (Lipinski definition) is 1. The average Bonchev–Trinajstić information content (AvgIpc) is 2.37. The number of benzene rings is 1. The minimum atomic E-state index is -1.16. The summed E-state index contributed by atoms with van der Waals surface area (Å²) < 4.78 is 40.2. The fraction of sp³-hybridized carbons (Fsp3) is 0.385. The topological polar surface area (TPSA) is 15.3 Å². The van der Waals surface area contributed by atoms with Gasteiger partial charge in [-0.3, -0.25) is 4.90 Å². The summed E-state index contributed by atoms with van der Waals surface area (Å²) in [6.07, 6.45) is 1.52. The maximum Gasteiger partial charge on any atom is 0.164 e. The van der Waals surface area contributed by atoms with Gasteiger partial charge in [-0.15, -0.1) is 19.0 Å². The van der Waals surface area contributed by atoms with Crippen LogP contribution in [0.3, 0.4) is 0 Å². The molecule has 1 heterocycles. The highest BCUT2D eigenvalue weighted by atomic mass is 35.5. The Labute approximate surface area is 116 Å². The monoisotopic (exact) mass is 292 g/mol. The van der Waals surface area contributed by atoms with E-state index in [-0.39, 0.29) is 18.0 Å². The van der Waals surface area contributed by atoms with Gasteiger partial charge in [0.15, 0.2) is 11.6 Å². The van der Waals surface area contributed by atoms with Crippen molar-refractivity contribution in [2.24, 2.45) is 0 Å². The van der Waals surface area contributed by atoms with E-state index in [1.807, 2.05) is 4.90 Å². The van der Waals surface area contributed by atoms with Crippen molar-refractivity contribution in [2.45, 2.75) is 6.04 Å². The molecule has 0 bridgehead atoms. The van der Waals surface area contributed by atoms with Gasteiger partial charge >= 0.3 is 0 Å². The predicted molar refractivity (Wildman–Crippen MR) is 70.9 cm³/mol. The lowest BCUT2D eigenvalue weighted by Crippen LogP contribution is -2.44. The van der Waals surface area contributed by atoms with Gasteiger partial charge < -0.3 is 5.32 Å². The van der Waals surface area contributed by atoms with Gasteiger partial charge in [0.1, 0.15) is 5.82 Å². The molecule has 0 aliphatic carbocycles. The molecule has 1 aliphatic heterocycles. The fourth-order valence-corrected chi connectivity index (χ4v) is 2.22. The van der Waals surface area contributed by atoms with Crippen LogP contribution < -0.4 is 5.32 Å². The van der Waals surface area contributed by atoms with Crippen molar-refractivity contribution in [2.75, 3.05) is 26.2 Å². The number of nitrogens with one attached hydrogen (secondary N) is 1. The molecular formula is C13H16ClF3N2. The molecule has 6 heteroatoms. The highest BCUT2D eigenvalue weighted by Crippen LogP contribution is 2.27. The van der Waals surface area contributed by atoms with Crippen LogP contribution in [0.4, 0.5) is 13.2 Å². The van der Waals surface area contributed by atoms with Gasteiger partial charge in [0.25, 0.3) is 0 Å². The lowest BCUT2D eigenvalue weighted by atomic mass is 10.0. The van der Waals surface area contributed by atoms with Gasteiger partial charge in [0, 0.05) is 37.8 Å². The van der Waals surface area contributed by atoms with E-state index >= 15 is 0 Å². The van der Waals surface area contributed by atoms with Crippen LogP contribution in [0.25, 0.3) is 0 Å². The van der Waals surface area contributed by atoms with E-state index < -0.39 is 23.5 Å². The zero-order valence-corrected chi connectivity index (χ0v) is 11.2. The van der Waals surface area contributed by atoms with E-state index in [0.29, 0.717) is 19.2 Å². The third-order valence-electron chi connectivity index (χ3n) is 3.11. The fourth-order valence-electron chi connectivity index (χ4n) is 2.22. The average molecular weight is 293 g/mol. The molecule has 1 aromatic rings. The van der Waals surface area contributed by atoms with Crippen molar-refractivity contribution in [3.63, 3.8) is 0 Å². The molecule has 0 aromatic heterocycles. The van der Waals surface area contributed by atoms with E-state index in [0.717, 1.165) is 19.2 Å². The molecule has 2 nitrogen and oxygen atoms in total. The molecule has 1 N–H and O–H groups in total. The molecule has 19 heavy (non-hydrogen) atoms. The SMILES string of the molecule is C=C[C@@H](c1cc(F)cc(F)c1F)N1CCNCC1.Cl. The Balaban J connectivity index is 0.00000180. The second-order valence-electron chi connectivity index (χ2n) is 4.26. The Morgan fingerprint density at radius 3 is 2.42 bits per heavy atom. The van der Waals surface area contributed by atoms with Crippen molar-refractivity contribution >= 4 is 12.4 Å². The quantitative estimate of drug-likeness (QED) is 0.681. The zero-order valence-electron chi connectivity index (χ0n) is 10.3. The number of rotatable bonds is 3. The molecule has 0 spiro atoms. The van der Waals surface area contributed by atoms with Gasteiger partial charge in [0.05, 0.1) is 6.04 Å². The second kappa shape index (κ2) is 6.93. The van der Waals surface area contributed by atoms with Gasteiger partial charge in [0.2, 0.25) is 0 Å². The maximum atomic E-state index is 13.7. The molecule has 1 atom stereocenters. The standard InChI is InChI=1S/C13H15F3N2.ClH/c1-2-12(18-5-3-17-4-6-18)10-7-9(14)8-11(15)13(10)16;/h2,7-8,12,17H,1,3-6H2;1H/t12-;/m0./s1. The number of nitrogens with zero attached hydrogens (tertiary/aromatic N) is 1. The Bertz CT molecular complexity index is 448. The van der Waals surface area contributed by atoms with E-state index in [1.54, 1.807) is 0 Å². The molecule has 0 unspecified atom stereocenters. The van der Waals surface area contributed by atoms with Crippen LogP contribution in [0.1, 0.15) is 11.6 Å². The minimum absolute atomic E-state index is 0. The van der Waals surface area contributed by atoms with Crippen molar-refractivity contribution in [3.8, 4) is 0 Å². The van der Waals surface area contributed by atoms with E-state index in [9.17, 15) is 13.2 Å². The highest BCUT2D eigenvalue weighted by molar-refractivity contribution is 5.85. The third kappa shape index (κ3) is 3.49. The summed E-state index contributed by atoms with van der Waals surface area (Å²) in [5.41, 5.74) is 0.00407. The summed E-state index contributed by atoms with van der Waals surface area (Å²) in [6, 6.07) is 1.08. The first-order valence-corrected chi connectivity index (χ1v) is 5.85. The molecule has 1 aliphatic rings. The first-order chi connectivity index (χ1) is 8.63. The lowest BCUT2D eigenvalue weighted by Gasteiger charge is -2.33. The Morgan fingerprint density at radius 2 is 1.84 bits per heavy atom. The number of piperazine rings is 1. The smallest absolute Gasteiger partial charge is 0.164 e. The van der Waals surface area contributed by atoms with E-state index in [2.05, 4.69) is 11.9 Å². The molecule has 2 rings (SSSR count). The molecule has 0 saturated carbocycles. The summed E-state index contributed by atoms with van der Waals surface area (Å²) in [7, 11) is 0. The maximum absolute atomic E-state index is 13.7. The van der Waals surface area contributed by atoms with Crippen LogP contribution in [0.15, 0.2) is 24.8 Å². The Kier molecular flexibility index (Phi) is 5.85. The van der Waals surface area contributed by atoms with Crippen LogP contribution in [-0.4, -0.2) is 31.1 Å². The molecule has 0 amide bonds. The summed E-state index contributed by atoms with van der Waals surface area (Å²) in [5.74, 6) is -2.93. The molecule has 106 valence electrons. The van der Waals surface area contributed by atoms with Crippen molar-refractivity contribution in [3.05, 3.63) is 47.8 Å². The number of hydrogen-bond acceptors (Lipinski definition) is 2. The van der Waals surface area contributed by atoms with Gasteiger partial charge in [-0.05, 0) is 6.07 Å². The summed E-state index contributed by atoms with van der Waals surface area (Å²) in [4.78, 5) is 1.95. The largest absolute Gasteiger partial charge is 0.314 e. The van der Waals surface area contributed by atoms with Crippen LogP contribution >= 0.6 is 12.4 Å².